The van der Waals surface area contributed by atoms with Crippen molar-refractivity contribution in [1.82, 2.24) is 14.3 Å². The number of benzene rings is 1. The molecule has 1 aromatic carbocycles. The number of pyridine rings is 2. The molecule has 0 fully saturated rings. The van der Waals surface area contributed by atoms with E-state index in [4.69, 9.17) is 0 Å². The predicted molar refractivity (Wildman–Crippen MR) is 136 cm³/mol. The number of nitrogens with zero attached hydrogens (tertiary/aromatic N) is 3. The second-order valence-electron chi connectivity index (χ2n) is 8.34. The molecule has 0 bridgehead atoms. The minimum Gasteiger partial charge on any atom is -0.506 e. The van der Waals surface area contributed by atoms with E-state index in [2.05, 4.69) is 24.1 Å². The Kier molecular flexibility index (Phi) is 6.50. The van der Waals surface area contributed by atoms with Crippen molar-refractivity contribution in [2.24, 2.45) is 10.3 Å². The van der Waals surface area contributed by atoms with E-state index in [1.54, 1.807) is 12.1 Å². The quantitative estimate of drug-likeness (QED) is 0.274. The van der Waals surface area contributed by atoms with Crippen LogP contribution in [0, 0.1) is 5.92 Å². The normalized spacial score (nSPS) is 15.9. The van der Waals surface area contributed by atoms with Gasteiger partial charge in [0.2, 0.25) is 0 Å². The van der Waals surface area contributed by atoms with E-state index < -0.39 is 26.5 Å². The van der Waals surface area contributed by atoms with Gasteiger partial charge in [-0.2, -0.15) is 8.42 Å². The molecule has 4 rings (SSSR count). The van der Waals surface area contributed by atoms with Crippen LogP contribution in [0.2, 0.25) is 0 Å². The number of fused-ring (bicyclic) bond motifs is 2. The Morgan fingerprint density at radius 3 is 2.66 bits per heavy atom. The second-order valence-corrected chi connectivity index (χ2v) is 11.6. The fraction of sp³-hybridized carbons (Fsp3) is 0.286. The Bertz CT molecular complexity index is 1500. The molecule has 3 heterocycles. The molecule has 0 aliphatic carbocycles. The van der Waals surface area contributed by atoms with Crippen LogP contribution < -0.4 is 20.3 Å². The highest BCUT2D eigenvalue weighted by atomic mass is 32.3. The van der Waals surface area contributed by atoms with Crippen molar-refractivity contribution < 1.29 is 22.6 Å². The fourth-order valence-corrected chi connectivity index (χ4v) is 5.36. The van der Waals surface area contributed by atoms with Gasteiger partial charge < -0.3 is 10.4 Å². The summed E-state index contributed by atoms with van der Waals surface area (Å²) >= 11 is 0. The monoisotopic (exact) mass is 522 g/mol. The Morgan fingerprint density at radius 2 is 1.97 bits per heavy atom. The number of amidine groups is 1. The summed E-state index contributed by atoms with van der Waals surface area (Å²) in [6.07, 6.45) is 2.20. The van der Waals surface area contributed by atoms with Crippen LogP contribution in [0.4, 0.5) is 11.4 Å². The minimum absolute atomic E-state index is 0.0698. The molecule has 35 heavy (non-hydrogen) atoms. The van der Waals surface area contributed by atoms with Crippen LogP contribution in [0.25, 0.3) is 11.0 Å². The number of hydrogen-bond donors (Lipinski definition) is 6. The van der Waals surface area contributed by atoms with Crippen molar-refractivity contribution in [1.29, 1.82) is 0 Å². The number of nitrogens with one attached hydrogen (secondary N) is 3. The molecule has 0 atom stereocenters. The van der Waals surface area contributed by atoms with Gasteiger partial charge in [-0.15, -0.1) is 4.40 Å². The second kappa shape index (κ2) is 9.13. The summed E-state index contributed by atoms with van der Waals surface area (Å²) in [6, 6.07) is 7.29. The molecule has 188 valence electrons. The van der Waals surface area contributed by atoms with Gasteiger partial charge in [-0.3, -0.25) is 23.2 Å². The SMILES string of the molecule is CNS(=O)(=O)Nc1ccc2c(c1)S(O)(O)N=C(c1c(O)c3cccnc3n(CCC(C)C)c1=O)N2. The molecule has 0 spiro atoms. The lowest BCUT2D eigenvalue weighted by atomic mass is 10.1. The van der Waals surface area contributed by atoms with Crippen LogP contribution in [0.15, 0.2) is 50.6 Å². The van der Waals surface area contributed by atoms with Gasteiger partial charge in [0.05, 0.1) is 16.8 Å². The summed E-state index contributed by atoms with van der Waals surface area (Å²) in [7, 11) is -6.46. The molecule has 1 aliphatic heterocycles. The number of aryl methyl sites for hydroxylation is 1. The van der Waals surface area contributed by atoms with Crippen LogP contribution in [0.5, 0.6) is 5.75 Å². The first-order valence-electron chi connectivity index (χ1n) is 10.6. The lowest BCUT2D eigenvalue weighted by Crippen LogP contribution is -2.33. The van der Waals surface area contributed by atoms with E-state index in [9.17, 15) is 27.4 Å². The maximum Gasteiger partial charge on any atom is 0.298 e. The third-order valence-corrected chi connectivity index (χ3v) is 7.84. The molecule has 0 radical (unpaired) electrons. The standard InChI is InChI=1S/C21H26N6O6S2/c1-12(2)8-10-27-20-14(5-4-9-23-20)18(28)17(21(27)29)19-24-15-7-6-13(25-35(32,33)22-3)11-16(15)34(30,31)26-19/h4-7,9,11-12,22,25,28,30-31H,8,10H2,1-3H3,(H,24,26). The third kappa shape index (κ3) is 4.83. The first kappa shape index (κ1) is 24.9. The maximum absolute atomic E-state index is 13.5. The zero-order chi connectivity index (χ0) is 25.5. The topological polar surface area (TPSA) is 178 Å². The fourth-order valence-electron chi connectivity index (χ4n) is 3.63. The Hall–Kier alpha value is -3.17. The number of aromatic hydroxyl groups is 1. The first-order chi connectivity index (χ1) is 16.4. The van der Waals surface area contributed by atoms with Gasteiger partial charge in [0.1, 0.15) is 21.9 Å². The van der Waals surface area contributed by atoms with Gasteiger partial charge in [0, 0.05) is 19.8 Å². The highest BCUT2D eigenvalue weighted by Crippen LogP contribution is 2.56. The molecule has 0 unspecified atom stereocenters. The van der Waals surface area contributed by atoms with Gasteiger partial charge >= 0.3 is 0 Å². The smallest absolute Gasteiger partial charge is 0.298 e. The highest BCUT2D eigenvalue weighted by Gasteiger charge is 2.31. The molecule has 6 N–H and O–H groups in total. The van der Waals surface area contributed by atoms with E-state index in [1.165, 1.54) is 36.0 Å². The zero-order valence-corrected chi connectivity index (χ0v) is 20.8. The van der Waals surface area contributed by atoms with Gasteiger partial charge in [0.15, 0.2) is 5.84 Å². The van der Waals surface area contributed by atoms with Crippen LogP contribution in [-0.2, 0) is 16.8 Å². The highest BCUT2D eigenvalue weighted by molar-refractivity contribution is 8.23. The molecule has 12 nitrogen and oxygen atoms in total. The molecule has 0 saturated heterocycles. The number of anilines is 2. The molecule has 1 aliphatic rings. The predicted octanol–water partition coefficient (Wildman–Crippen LogP) is 2.92. The summed E-state index contributed by atoms with van der Waals surface area (Å²) in [5.41, 5.74) is -0.225. The number of rotatable bonds is 7. The summed E-state index contributed by atoms with van der Waals surface area (Å²) < 4.78 is 54.9. The lowest BCUT2D eigenvalue weighted by molar-refractivity contribution is 0.473. The average molecular weight is 523 g/mol. The van der Waals surface area contributed by atoms with Gasteiger partial charge in [-0.1, -0.05) is 24.6 Å². The van der Waals surface area contributed by atoms with E-state index >= 15 is 0 Å². The Labute approximate surface area is 203 Å². The van der Waals surface area contributed by atoms with E-state index in [0.29, 0.717) is 29.9 Å². The van der Waals surface area contributed by atoms with E-state index in [-0.39, 0.29) is 33.4 Å². The molecular weight excluding hydrogens is 496 g/mol. The summed E-state index contributed by atoms with van der Waals surface area (Å²) in [5, 5.41) is 14.2. The van der Waals surface area contributed by atoms with Crippen molar-refractivity contribution in [3.8, 4) is 5.75 Å². The molecule has 0 saturated carbocycles. The van der Waals surface area contributed by atoms with Crippen LogP contribution >= 0.6 is 10.8 Å². The number of hydrogen-bond acceptors (Lipinski definition) is 9. The van der Waals surface area contributed by atoms with Gasteiger partial charge in [0.25, 0.3) is 15.8 Å². The molecule has 14 heteroatoms. The van der Waals surface area contributed by atoms with Crippen LogP contribution in [0.1, 0.15) is 25.8 Å². The molecule has 0 amide bonds. The van der Waals surface area contributed by atoms with Crippen LogP contribution in [-0.4, -0.2) is 45.1 Å². The van der Waals surface area contributed by atoms with Crippen molar-refractivity contribution >= 4 is 49.2 Å². The third-order valence-electron chi connectivity index (χ3n) is 5.43. The Morgan fingerprint density at radius 1 is 1.23 bits per heavy atom. The summed E-state index contributed by atoms with van der Waals surface area (Å²) in [4.78, 5) is 17.7. The zero-order valence-electron chi connectivity index (χ0n) is 19.2. The Balaban J connectivity index is 1.85. The molecule has 3 aromatic rings. The molecular formula is C21H26N6O6S2. The van der Waals surface area contributed by atoms with Crippen molar-refractivity contribution in [2.45, 2.75) is 31.7 Å². The largest absolute Gasteiger partial charge is 0.506 e. The van der Waals surface area contributed by atoms with E-state index in [0.717, 1.165) is 0 Å². The van der Waals surface area contributed by atoms with Gasteiger partial charge in [-0.05, 0) is 42.7 Å². The van der Waals surface area contributed by atoms with Crippen molar-refractivity contribution in [3.63, 3.8) is 0 Å². The average Bonchev–Trinajstić information content (AvgIpc) is 2.79. The number of aromatic nitrogens is 2. The first-order valence-corrected chi connectivity index (χ1v) is 13.6. The van der Waals surface area contributed by atoms with Crippen LogP contribution in [0.3, 0.4) is 0 Å². The lowest BCUT2D eigenvalue weighted by Gasteiger charge is -2.34. The summed E-state index contributed by atoms with van der Waals surface area (Å²) in [6.45, 7) is 4.38. The van der Waals surface area contributed by atoms with E-state index in [1.807, 2.05) is 13.8 Å². The van der Waals surface area contributed by atoms with Crippen molar-refractivity contribution in [2.75, 3.05) is 17.1 Å². The molecule has 2 aromatic heterocycles. The summed E-state index contributed by atoms with van der Waals surface area (Å²) in [5.74, 6) is -0.300. The minimum atomic E-state index is -3.85. The van der Waals surface area contributed by atoms with Gasteiger partial charge in [-0.25, -0.2) is 9.71 Å². The maximum atomic E-state index is 13.5. The van der Waals surface area contributed by atoms with Crippen molar-refractivity contribution in [3.05, 3.63) is 52.4 Å².